The van der Waals surface area contributed by atoms with Crippen LogP contribution in [0.1, 0.15) is 20.8 Å². The molecule has 0 fully saturated rings. The van der Waals surface area contributed by atoms with Crippen LogP contribution in [0, 0.1) is 5.41 Å². The summed E-state index contributed by atoms with van der Waals surface area (Å²) in [6.45, 7) is 6.65. The maximum Gasteiger partial charge on any atom is -1.00 e. The third-order valence-corrected chi connectivity index (χ3v) is 5.50. The third kappa shape index (κ3) is 5.63. The Balaban J connectivity index is 0.00000220. The van der Waals surface area contributed by atoms with Gasteiger partial charge in [0.2, 0.25) is 0 Å². The molecule has 0 aromatic heterocycles. The summed E-state index contributed by atoms with van der Waals surface area (Å²) in [6.07, 6.45) is 6.48. The van der Waals surface area contributed by atoms with E-state index in [1.54, 1.807) is 12.1 Å². The molecule has 1 unspecified atom stereocenters. The Bertz CT molecular complexity index is 555. The van der Waals surface area contributed by atoms with Gasteiger partial charge in [-0.1, -0.05) is 0 Å². The van der Waals surface area contributed by atoms with Gasteiger partial charge in [0.1, 0.15) is 0 Å². The first kappa shape index (κ1) is 22.7. The molecule has 0 amide bonds. The zero-order chi connectivity index (χ0) is 14.9. The van der Waals surface area contributed by atoms with Crippen LogP contribution in [-0.2, 0) is 19.5 Å². The smallest absolute Gasteiger partial charge is 1.00 e. The molecule has 1 atom stereocenters. The van der Waals surface area contributed by atoms with Crippen molar-refractivity contribution >= 4 is 34.8 Å². The Morgan fingerprint density at radius 3 is 2.09 bits per heavy atom. The minimum atomic E-state index is -0.722. The number of benzene rings is 1. The van der Waals surface area contributed by atoms with Gasteiger partial charge in [-0.15, -0.1) is 0 Å². The summed E-state index contributed by atoms with van der Waals surface area (Å²) in [7, 11) is 0. The fraction of sp³-hybridized carbons (Fsp3) is 0.333. The molecule has 0 spiro atoms. The van der Waals surface area contributed by atoms with Gasteiger partial charge in [-0.3, -0.25) is 0 Å². The topological polar surface area (TPSA) is 9.23 Å². The summed E-state index contributed by atoms with van der Waals surface area (Å²) < 4.78 is 6.32. The third-order valence-electron chi connectivity index (χ3n) is 3.03. The van der Waals surface area contributed by atoms with Crippen molar-refractivity contribution in [3.63, 3.8) is 0 Å². The average Bonchev–Trinajstić information content (AvgIpc) is 2.75. The standard InChI is InChI=1S/C9H13.C6H3Cl3O.2ClH.Ti/c1-9(2,3)8-6-4-5-7-8;7-3-1-4(8)6(10)5(9)2-3;;;/h4-7H,1-3H3;1-2,10H;2*1H;/q;;;;+3/p-3. The fourth-order valence-corrected chi connectivity index (χ4v) is 5.19. The minimum Gasteiger partial charge on any atom is -1.00 e. The Labute approximate surface area is 168 Å². The van der Waals surface area contributed by atoms with Crippen LogP contribution >= 0.6 is 34.8 Å². The summed E-state index contributed by atoms with van der Waals surface area (Å²) >= 11 is 17.5. The Morgan fingerprint density at radius 1 is 1.05 bits per heavy atom. The van der Waals surface area contributed by atoms with E-state index in [0.717, 1.165) is 0 Å². The molecule has 1 aromatic rings. The van der Waals surface area contributed by atoms with Gasteiger partial charge >= 0.3 is 145 Å². The first-order valence-corrected chi connectivity index (χ1v) is 8.92. The SMILES string of the molecule is CC(C)(C)C1=CC=C[CH]1[Ti+2][O]c1c(Cl)cc(Cl)cc1Cl.[Cl-].[Cl-]. The number of allylic oxidation sites excluding steroid dienone is 4. The van der Waals surface area contributed by atoms with Crippen molar-refractivity contribution in [2.24, 2.45) is 5.41 Å². The average molecular weight is 436 g/mol. The van der Waals surface area contributed by atoms with Crippen molar-refractivity contribution in [3.8, 4) is 5.75 Å². The summed E-state index contributed by atoms with van der Waals surface area (Å²) in [6, 6.07) is 3.31. The van der Waals surface area contributed by atoms with E-state index in [1.807, 2.05) is 0 Å². The second-order valence-corrected chi connectivity index (χ2v) is 8.56. The van der Waals surface area contributed by atoms with Crippen molar-refractivity contribution in [1.29, 1.82) is 0 Å². The molecule has 0 heterocycles. The van der Waals surface area contributed by atoms with Gasteiger partial charge in [-0.25, -0.2) is 0 Å². The number of hydrogen-bond donors (Lipinski definition) is 0. The molecule has 120 valence electrons. The van der Waals surface area contributed by atoms with E-state index in [-0.39, 0.29) is 30.2 Å². The van der Waals surface area contributed by atoms with Crippen molar-refractivity contribution in [1.82, 2.24) is 0 Å². The Hall–Kier alpha value is 0.664. The largest absolute Gasteiger partial charge is 1.00 e. The molecule has 22 heavy (non-hydrogen) atoms. The molecule has 1 aliphatic carbocycles. The van der Waals surface area contributed by atoms with Crippen LogP contribution in [0.15, 0.2) is 35.9 Å². The number of halogens is 5. The van der Waals surface area contributed by atoms with Crippen LogP contribution in [0.2, 0.25) is 19.3 Å². The zero-order valence-corrected chi connectivity index (χ0v) is 17.6. The fourth-order valence-electron chi connectivity index (χ4n) is 2.05. The molecule has 7 heteroatoms. The summed E-state index contributed by atoms with van der Waals surface area (Å²) in [5, 5.41) is 1.45. The molecule has 1 aromatic carbocycles. The van der Waals surface area contributed by atoms with Crippen molar-refractivity contribution in [2.75, 3.05) is 0 Å². The maximum absolute atomic E-state index is 6.14. The van der Waals surface area contributed by atoms with Gasteiger partial charge in [0.15, 0.2) is 0 Å². The van der Waals surface area contributed by atoms with Gasteiger partial charge in [0.05, 0.1) is 0 Å². The van der Waals surface area contributed by atoms with E-state index in [1.165, 1.54) is 5.57 Å². The van der Waals surface area contributed by atoms with E-state index in [9.17, 15) is 0 Å². The first-order valence-electron chi connectivity index (χ1n) is 6.25. The monoisotopic (exact) mass is 434 g/mol. The molecular formula is C15H15Cl5OTi. The van der Waals surface area contributed by atoms with Crippen LogP contribution < -0.4 is 28.1 Å². The van der Waals surface area contributed by atoms with Crippen LogP contribution in [0.4, 0.5) is 0 Å². The van der Waals surface area contributed by atoms with E-state index in [4.69, 9.17) is 38.1 Å². The van der Waals surface area contributed by atoms with Gasteiger partial charge in [0.25, 0.3) is 0 Å². The quantitative estimate of drug-likeness (QED) is 0.622. The van der Waals surface area contributed by atoms with Crippen LogP contribution in [0.25, 0.3) is 0 Å². The normalized spacial score (nSPS) is 16.3. The van der Waals surface area contributed by atoms with Crippen molar-refractivity contribution in [2.45, 2.75) is 25.0 Å². The molecule has 1 nitrogen and oxygen atoms in total. The van der Waals surface area contributed by atoms with Gasteiger partial charge in [-0.05, 0) is 0 Å². The predicted molar refractivity (Wildman–Crippen MR) is 82.5 cm³/mol. The van der Waals surface area contributed by atoms with Gasteiger partial charge in [-0.2, -0.15) is 0 Å². The molecule has 1 aliphatic rings. The molecule has 0 aliphatic heterocycles. The van der Waals surface area contributed by atoms with E-state index in [0.29, 0.717) is 25.0 Å². The van der Waals surface area contributed by atoms with Crippen LogP contribution in [0.5, 0.6) is 5.75 Å². The first-order chi connectivity index (χ1) is 9.29. The van der Waals surface area contributed by atoms with Crippen molar-refractivity contribution in [3.05, 3.63) is 51.0 Å². The summed E-state index contributed by atoms with van der Waals surface area (Å²) in [4.78, 5) is 0. The molecule has 0 saturated heterocycles. The summed E-state index contributed by atoms with van der Waals surface area (Å²) in [5.41, 5.74) is 1.55. The molecule has 0 N–H and O–H groups in total. The zero-order valence-electron chi connectivity index (χ0n) is 12.3. The minimum absolute atomic E-state index is 0. The maximum atomic E-state index is 6.14. The molecule has 0 radical (unpaired) electrons. The molecule has 2 rings (SSSR count). The second kappa shape index (κ2) is 9.23. The number of rotatable bonds is 3. The number of hydrogen-bond acceptors (Lipinski definition) is 1. The Morgan fingerprint density at radius 2 is 1.59 bits per heavy atom. The van der Waals surface area contributed by atoms with E-state index in [2.05, 4.69) is 39.0 Å². The van der Waals surface area contributed by atoms with E-state index < -0.39 is 19.5 Å². The van der Waals surface area contributed by atoms with Gasteiger partial charge < -0.3 is 24.8 Å². The second-order valence-electron chi connectivity index (χ2n) is 5.65. The molecule has 0 saturated carbocycles. The molecular weight excluding hydrogens is 421 g/mol. The van der Waals surface area contributed by atoms with Crippen LogP contribution in [0.3, 0.4) is 0 Å². The van der Waals surface area contributed by atoms with Crippen molar-refractivity contribution < 1.29 is 47.7 Å². The summed E-state index contributed by atoms with van der Waals surface area (Å²) in [5.74, 6) is 0.547. The Kier molecular flexibility index (Phi) is 9.51. The van der Waals surface area contributed by atoms with E-state index >= 15 is 0 Å². The molecule has 0 bridgehead atoms. The van der Waals surface area contributed by atoms with Gasteiger partial charge in [0, 0.05) is 0 Å². The van der Waals surface area contributed by atoms with Crippen LogP contribution in [-0.4, -0.2) is 0 Å². The predicted octanol–water partition coefficient (Wildman–Crippen LogP) is 0.362.